The van der Waals surface area contributed by atoms with Crippen LogP contribution in [-0.4, -0.2) is 57.2 Å². The molecule has 1 atom stereocenters. The van der Waals surface area contributed by atoms with E-state index in [4.69, 9.17) is 4.74 Å². The minimum absolute atomic E-state index is 0.0918. The number of carboxylic acid groups (broad SMARTS) is 1. The van der Waals surface area contributed by atoms with Crippen LogP contribution in [0, 0.1) is 0 Å². The van der Waals surface area contributed by atoms with Gasteiger partial charge in [0.05, 0.1) is 13.0 Å². The molecule has 8 heteroatoms. The number of rotatable bonds is 4. The molecule has 2 heterocycles. The summed E-state index contributed by atoms with van der Waals surface area (Å²) >= 11 is 0. The van der Waals surface area contributed by atoms with Crippen LogP contribution in [0.4, 0.5) is 4.79 Å². The Bertz CT molecular complexity index is 656. The Labute approximate surface area is 146 Å². The number of nitrogens with one attached hydrogen (secondary N) is 1. The molecule has 2 amide bonds. The van der Waals surface area contributed by atoms with Gasteiger partial charge in [-0.1, -0.05) is 0 Å². The molecule has 1 aliphatic rings. The number of carboxylic acids is 1. The third kappa shape index (κ3) is 4.91. The molecule has 1 aromatic heterocycles. The maximum Gasteiger partial charge on any atom is 0.408 e. The zero-order valence-electron chi connectivity index (χ0n) is 14.6. The van der Waals surface area contributed by atoms with Gasteiger partial charge >= 0.3 is 12.1 Å². The lowest BCUT2D eigenvalue weighted by molar-refractivity contribution is -0.144. The van der Waals surface area contributed by atoms with Crippen LogP contribution in [0.25, 0.3) is 0 Å². The Morgan fingerprint density at radius 3 is 2.52 bits per heavy atom. The van der Waals surface area contributed by atoms with Gasteiger partial charge in [0, 0.05) is 25.4 Å². The predicted molar refractivity (Wildman–Crippen MR) is 88.9 cm³/mol. The van der Waals surface area contributed by atoms with E-state index in [1.807, 2.05) is 0 Å². The number of amides is 2. The van der Waals surface area contributed by atoms with Crippen LogP contribution >= 0.6 is 0 Å². The van der Waals surface area contributed by atoms with E-state index >= 15 is 0 Å². The van der Waals surface area contributed by atoms with E-state index in [1.54, 1.807) is 45.3 Å². The quantitative estimate of drug-likeness (QED) is 0.845. The van der Waals surface area contributed by atoms with Crippen LogP contribution in [0.1, 0.15) is 32.8 Å². The maximum absolute atomic E-state index is 12.4. The standard InChI is InChI=1S/C17H23N3O5/c1-16(2,3)25-15(24)19-17(14(22)23)6-9-20(11-17)13(21)10-12-4-7-18-8-5-12/h4-5,7-8H,6,9-11H2,1-3H3,(H,19,24)(H,22,23). The fourth-order valence-electron chi connectivity index (χ4n) is 2.64. The summed E-state index contributed by atoms with van der Waals surface area (Å²) < 4.78 is 5.14. The number of nitrogens with zero attached hydrogens (tertiary/aromatic N) is 2. The third-order valence-corrected chi connectivity index (χ3v) is 3.88. The van der Waals surface area contributed by atoms with Crippen LogP contribution in [0.15, 0.2) is 24.5 Å². The van der Waals surface area contributed by atoms with Crippen LogP contribution < -0.4 is 5.32 Å². The van der Waals surface area contributed by atoms with Crippen LogP contribution in [0.2, 0.25) is 0 Å². The molecule has 1 aromatic rings. The SMILES string of the molecule is CC(C)(C)OC(=O)NC1(C(=O)O)CCN(C(=O)Cc2ccncc2)C1. The summed E-state index contributed by atoms with van der Waals surface area (Å²) in [4.78, 5) is 41.5. The van der Waals surface area contributed by atoms with Gasteiger partial charge in [-0.3, -0.25) is 9.78 Å². The second-order valence-electron chi connectivity index (χ2n) is 7.11. The van der Waals surface area contributed by atoms with E-state index in [9.17, 15) is 19.5 Å². The molecule has 0 aromatic carbocycles. The van der Waals surface area contributed by atoms with Gasteiger partial charge in [-0.05, 0) is 38.5 Å². The molecule has 2 rings (SSSR count). The topological polar surface area (TPSA) is 109 Å². The summed E-state index contributed by atoms with van der Waals surface area (Å²) in [7, 11) is 0. The lowest BCUT2D eigenvalue weighted by atomic mass is 9.99. The van der Waals surface area contributed by atoms with E-state index in [2.05, 4.69) is 10.3 Å². The van der Waals surface area contributed by atoms with Gasteiger partial charge in [0.25, 0.3) is 0 Å². The van der Waals surface area contributed by atoms with Crippen LogP contribution in [0.5, 0.6) is 0 Å². The molecule has 1 fully saturated rings. The highest BCUT2D eigenvalue weighted by molar-refractivity contribution is 5.87. The molecule has 25 heavy (non-hydrogen) atoms. The highest BCUT2D eigenvalue weighted by atomic mass is 16.6. The summed E-state index contributed by atoms with van der Waals surface area (Å²) in [6.45, 7) is 5.25. The van der Waals surface area contributed by atoms with E-state index < -0.39 is 23.2 Å². The molecule has 136 valence electrons. The van der Waals surface area contributed by atoms with Crippen LogP contribution in [0.3, 0.4) is 0 Å². The largest absolute Gasteiger partial charge is 0.479 e. The lowest BCUT2D eigenvalue weighted by Gasteiger charge is -2.28. The number of aliphatic carboxylic acids is 1. The van der Waals surface area contributed by atoms with E-state index in [0.29, 0.717) is 0 Å². The Morgan fingerprint density at radius 1 is 1.32 bits per heavy atom. The summed E-state index contributed by atoms with van der Waals surface area (Å²) in [6.07, 6.45) is 2.67. The molecule has 1 aliphatic heterocycles. The number of likely N-dealkylation sites (tertiary alicyclic amines) is 1. The number of hydrogen-bond donors (Lipinski definition) is 2. The molecular formula is C17H23N3O5. The molecule has 0 bridgehead atoms. The normalized spacial score (nSPS) is 20.2. The van der Waals surface area contributed by atoms with Gasteiger partial charge in [0.1, 0.15) is 5.60 Å². The molecule has 0 saturated carbocycles. The molecule has 0 radical (unpaired) electrons. The number of pyridine rings is 1. The van der Waals surface area contributed by atoms with Crippen molar-refractivity contribution in [3.05, 3.63) is 30.1 Å². The van der Waals surface area contributed by atoms with Gasteiger partial charge < -0.3 is 20.1 Å². The fourth-order valence-corrected chi connectivity index (χ4v) is 2.64. The van der Waals surface area contributed by atoms with Gasteiger partial charge in [0.15, 0.2) is 5.54 Å². The first-order valence-electron chi connectivity index (χ1n) is 8.02. The molecule has 0 spiro atoms. The van der Waals surface area contributed by atoms with Gasteiger partial charge in [-0.15, -0.1) is 0 Å². The number of carbonyl (C=O) groups is 3. The van der Waals surface area contributed by atoms with Crippen molar-refractivity contribution in [3.8, 4) is 0 Å². The highest BCUT2D eigenvalue weighted by Crippen LogP contribution is 2.23. The van der Waals surface area contributed by atoms with Crippen molar-refractivity contribution in [1.82, 2.24) is 15.2 Å². The number of aromatic nitrogens is 1. The van der Waals surface area contributed by atoms with Crippen molar-refractivity contribution < 1.29 is 24.2 Å². The average molecular weight is 349 g/mol. The molecule has 1 unspecified atom stereocenters. The Kier molecular flexibility index (Phi) is 5.30. The summed E-state index contributed by atoms with van der Waals surface area (Å²) in [5, 5.41) is 12.0. The van der Waals surface area contributed by atoms with E-state index in [0.717, 1.165) is 5.56 Å². The molecule has 0 aliphatic carbocycles. The first kappa shape index (κ1) is 18.7. The average Bonchev–Trinajstić information content (AvgIpc) is 2.92. The monoisotopic (exact) mass is 349 g/mol. The van der Waals surface area contributed by atoms with E-state index in [1.165, 1.54) is 4.90 Å². The van der Waals surface area contributed by atoms with Crippen LogP contribution in [-0.2, 0) is 20.7 Å². The Morgan fingerprint density at radius 2 is 1.96 bits per heavy atom. The first-order valence-corrected chi connectivity index (χ1v) is 8.02. The molecule has 2 N–H and O–H groups in total. The first-order chi connectivity index (χ1) is 11.6. The second kappa shape index (κ2) is 7.08. The number of carbonyl (C=O) groups excluding carboxylic acids is 2. The Balaban J connectivity index is 2.03. The number of hydrogen-bond acceptors (Lipinski definition) is 5. The number of ether oxygens (including phenoxy) is 1. The van der Waals surface area contributed by atoms with Gasteiger partial charge in [-0.25, -0.2) is 9.59 Å². The van der Waals surface area contributed by atoms with Crippen molar-refractivity contribution in [3.63, 3.8) is 0 Å². The van der Waals surface area contributed by atoms with Crippen molar-refractivity contribution >= 4 is 18.0 Å². The zero-order chi connectivity index (χ0) is 18.7. The van der Waals surface area contributed by atoms with Crippen molar-refractivity contribution in [2.75, 3.05) is 13.1 Å². The Hall–Kier alpha value is -2.64. The van der Waals surface area contributed by atoms with Gasteiger partial charge in [0.2, 0.25) is 5.91 Å². The van der Waals surface area contributed by atoms with E-state index in [-0.39, 0.29) is 31.8 Å². The zero-order valence-corrected chi connectivity index (χ0v) is 14.6. The fraction of sp³-hybridized carbons (Fsp3) is 0.529. The van der Waals surface area contributed by atoms with Crippen molar-refractivity contribution in [2.24, 2.45) is 0 Å². The predicted octanol–water partition coefficient (Wildman–Crippen LogP) is 1.20. The third-order valence-electron chi connectivity index (χ3n) is 3.88. The maximum atomic E-state index is 12.4. The second-order valence-corrected chi connectivity index (χ2v) is 7.11. The highest BCUT2D eigenvalue weighted by Gasteiger charge is 2.48. The summed E-state index contributed by atoms with van der Waals surface area (Å²) in [5.74, 6) is -1.38. The molecule has 8 nitrogen and oxygen atoms in total. The molecular weight excluding hydrogens is 326 g/mol. The van der Waals surface area contributed by atoms with Crippen molar-refractivity contribution in [2.45, 2.75) is 44.8 Å². The minimum atomic E-state index is -1.53. The number of alkyl carbamates (subject to hydrolysis) is 1. The van der Waals surface area contributed by atoms with Gasteiger partial charge in [-0.2, -0.15) is 0 Å². The minimum Gasteiger partial charge on any atom is -0.479 e. The smallest absolute Gasteiger partial charge is 0.408 e. The lowest BCUT2D eigenvalue weighted by Crippen LogP contribution is -2.57. The summed E-state index contributed by atoms with van der Waals surface area (Å²) in [5.41, 5.74) is -1.47. The molecule has 1 saturated heterocycles. The summed E-state index contributed by atoms with van der Waals surface area (Å²) in [6, 6.07) is 3.47. The van der Waals surface area contributed by atoms with Crippen molar-refractivity contribution in [1.29, 1.82) is 0 Å².